The van der Waals surface area contributed by atoms with E-state index in [9.17, 15) is 9.59 Å². The standard InChI is InChI=1S/C17H23NO3/c1-11(2)8-15(17(20)21)18-16(19)10-13-9-14(13)12-6-4-3-5-7-12/h3-7,11,13-15H,8-10H2,1-2H3,(H,18,19)(H,20,21)/t13-,14-,15-/m0/s1. The van der Waals surface area contributed by atoms with Gasteiger partial charge in [-0.05, 0) is 36.2 Å². The minimum absolute atomic E-state index is 0.147. The zero-order chi connectivity index (χ0) is 15.4. The lowest BCUT2D eigenvalue weighted by atomic mass is 10.0. The Kier molecular flexibility index (Phi) is 4.99. The fourth-order valence-electron chi connectivity index (χ4n) is 2.77. The van der Waals surface area contributed by atoms with Crippen molar-refractivity contribution in [1.82, 2.24) is 5.32 Å². The Morgan fingerprint density at radius 3 is 2.52 bits per heavy atom. The molecular weight excluding hydrogens is 266 g/mol. The van der Waals surface area contributed by atoms with Crippen LogP contribution in [0.2, 0.25) is 0 Å². The van der Waals surface area contributed by atoms with E-state index in [2.05, 4.69) is 17.4 Å². The lowest BCUT2D eigenvalue weighted by Crippen LogP contribution is -2.41. The molecule has 3 atom stereocenters. The average molecular weight is 289 g/mol. The zero-order valence-corrected chi connectivity index (χ0v) is 12.6. The Hall–Kier alpha value is -1.84. The molecule has 1 aromatic rings. The first kappa shape index (κ1) is 15.5. The maximum atomic E-state index is 12.0. The minimum Gasteiger partial charge on any atom is -0.480 e. The van der Waals surface area contributed by atoms with Crippen LogP contribution >= 0.6 is 0 Å². The minimum atomic E-state index is -0.951. The summed E-state index contributed by atoms with van der Waals surface area (Å²) in [5.41, 5.74) is 1.27. The summed E-state index contributed by atoms with van der Waals surface area (Å²) in [7, 11) is 0. The number of benzene rings is 1. The van der Waals surface area contributed by atoms with Crippen LogP contribution in [-0.2, 0) is 9.59 Å². The first-order chi connectivity index (χ1) is 9.97. The molecule has 1 aromatic carbocycles. The van der Waals surface area contributed by atoms with Crippen LogP contribution in [0, 0.1) is 11.8 Å². The number of aliphatic carboxylic acids is 1. The number of rotatable bonds is 7. The summed E-state index contributed by atoms with van der Waals surface area (Å²) in [5.74, 6) is -0.0606. The first-order valence-corrected chi connectivity index (χ1v) is 7.54. The van der Waals surface area contributed by atoms with Crippen molar-refractivity contribution in [2.24, 2.45) is 11.8 Å². The van der Waals surface area contributed by atoms with E-state index in [0.717, 1.165) is 6.42 Å². The second-order valence-corrected chi connectivity index (χ2v) is 6.30. The predicted octanol–water partition coefficient (Wildman–Crippen LogP) is 2.80. The predicted molar refractivity (Wildman–Crippen MR) is 80.9 cm³/mol. The van der Waals surface area contributed by atoms with Gasteiger partial charge in [0.05, 0.1) is 0 Å². The smallest absolute Gasteiger partial charge is 0.326 e. The van der Waals surface area contributed by atoms with E-state index >= 15 is 0 Å². The van der Waals surface area contributed by atoms with Crippen LogP contribution in [0.15, 0.2) is 30.3 Å². The molecule has 2 N–H and O–H groups in total. The summed E-state index contributed by atoms with van der Waals surface area (Å²) in [6, 6.07) is 9.40. The van der Waals surface area contributed by atoms with E-state index in [1.165, 1.54) is 5.56 Å². The maximum absolute atomic E-state index is 12.0. The SMILES string of the molecule is CC(C)C[C@H](NC(=O)C[C@@H]1C[C@H]1c1ccccc1)C(=O)O. The number of hydrogen-bond acceptors (Lipinski definition) is 2. The molecule has 1 aliphatic rings. The quantitative estimate of drug-likeness (QED) is 0.811. The molecule has 4 nitrogen and oxygen atoms in total. The molecule has 0 bridgehead atoms. The zero-order valence-electron chi connectivity index (χ0n) is 12.6. The summed E-state index contributed by atoms with van der Waals surface area (Å²) in [4.78, 5) is 23.1. The van der Waals surface area contributed by atoms with E-state index in [0.29, 0.717) is 24.7 Å². The summed E-state index contributed by atoms with van der Waals surface area (Å²) in [6.45, 7) is 3.91. The van der Waals surface area contributed by atoms with E-state index in [-0.39, 0.29) is 11.8 Å². The van der Waals surface area contributed by atoms with Crippen molar-refractivity contribution in [3.8, 4) is 0 Å². The molecular formula is C17H23NO3. The topological polar surface area (TPSA) is 66.4 Å². The van der Waals surface area contributed by atoms with E-state index < -0.39 is 12.0 Å². The van der Waals surface area contributed by atoms with Crippen LogP contribution in [-0.4, -0.2) is 23.0 Å². The van der Waals surface area contributed by atoms with Crippen molar-refractivity contribution in [3.05, 3.63) is 35.9 Å². The molecule has 1 fully saturated rings. The fraction of sp³-hybridized carbons (Fsp3) is 0.529. The molecule has 0 heterocycles. The summed E-state index contributed by atoms with van der Waals surface area (Å²) in [5, 5.41) is 11.8. The molecule has 0 aliphatic heterocycles. The molecule has 1 amide bonds. The van der Waals surface area contributed by atoms with Crippen molar-refractivity contribution in [2.75, 3.05) is 0 Å². The summed E-state index contributed by atoms with van der Waals surface area (Å²) < 4.78 is 0. The molecule has 4 heteroatoms. The number of carboxylic acids is 1. The monoisotopic (exact) mass is 289 g/mol. The van der Waals surface area contributed by atoms with Crippen LogP contribution in [0.5, 0.6) is 0 Å². The van der Waals surface area contributed by atoms with Gasteiger partial charge in [0.25, 0.3) is 0 Å². The third kappa shape index (κ3) is 4.59. The maximum Gasteiger partial charge on any atom is 0.326 e. The van der Waals surface area contributed by atoms with Crippen LogP contribution < -0.4 is 5.32 Å². The second-order valence-electron chi connectivity index (χ2n) is 6.30. The van der Waals surface area contributed by atoms with E-state index in [4.69, 9.17) is 5.11 Å². The molecule has 2 rings (SSSR count). The highest BCUT2D eigenvalue weighted by Gasteiger charge is 2.39. The Bertz CT molecular complexity index is 498. The van der Waals surface area contributed by atoms with Crippen molar-refractivity contribution >= 4 is 11.9 Å². The van der Waals surface area contributed by atoms with Crippen molar-refractivity contribution in [2.45, 2.75) is 45.1 Å². The van der Waals surface area contributed by atoms with Gasteiger partial charge in [-0.15, -0.1) is 0 Å². The van der Waals surface area contributed by atoms with Crippen molar-refractivity contribution in [3.63, 3.8) is 0 Å². The fourth-order valence-corrected chi connectivity index (χ4v) is 2.77. The van der Waals surface area contributed by atoms with Crippen LogP contribution in [0.1, 0.15) is 44.6 Å². The molecule has 21 heavy (non-hydrogen) atoms. The molecule has 0 unspecified atom stereocenters. The lowest BCUT2D eigenvalue weighted by Gasteiger charge is -2.16. The van der Waals surface area contributed by atoms with Gasteiger partial charge in [0.15, 0.2) is 0 Å². The molecule has 0 saturated heterocycles. The highest BCUT2D eigenvalue weighted by Crippen LogP contribution is 2.49. The van der Waals surface area contributed by atoms with Gasteiger partial charge in [-0.3, -0.25) is 4.79 Å². The van der Waals surface area contributed by atoms with Gasteiger partial charge >= 0.3 is 5.97 Å². The summed E-state index contributed by atoms with van der Waals surface area (Å²) >= 11 is 0. The van der Waals surface area contributed by atoms with Crippen molar-refractivity contribution < 1.29 is 14.7 Å². The van der Waals surface area contributed by atoms with Gasteiger partial charge in [0, 0.05) is 6.42 Å². The molecule has 1 aliphatic carbocycles. The number of nitrogens with one attached hydrogen (secondary N) is 1. The van der Waals surface area contributed by atoms with E-state index in [1.54, 1.807) is 0 Å². The second kappa shape index (κ2) is 6.74. The highest BCUT2D eigenvalue weighted by atomic mass is 16.4. The Balaban J connectivity index is 1.81. The molecule has 1 saturated carbocycles. The van der Waals surface area contributed by atoms with Gasteiger partial charge in [0.1, 0.15) is 6.04 Å². The van der Waals surface area contributed by atoms with Crippen molar-refractivity contribution in [1.29, 1.82) is 0 Å². The molecule has 0 aromatic heterocycles. The normalized spacial score (nSPS) is 21.9. The van der Waals surface area contributed by atoms with Gasteiger partial charge in [-0.1, -0.05) is 44.2 Å². The Labute approximate surface area is 125 Å². The third-order valence-corrected chi connectivity index (χ3v) is 3.94. The molecule has 114 valence electrons. The van der Waals surface area contributed by atoms with Gasteiger partial charge in [0.2, 0.25) is 5.91 Å². The van der Waals surface area contributed by atoms with Gasteiger partial charge in [-0.2, -0.15) is 0 Å². The van der Waals surface area contributed by atoms with E-state index in [1.807, 2.05) is 32.0 Å². The van der Waals surface area contributed by atoms with Crippen LogP contribution in [0.25, 0.3) is 0 Å². The first-order valence-electron chi connectivity index (χ1n) is 7.54. The molecule has 0 radical (unpaired) electrons. The highest BCUT2D eigenvalue weighted by molar-refractivity contribution is 5.83. The Morgan fingerprint density at radius 1 is 1.29 bits per heavy atom. The summed E-state index contributed by atoms with van der Waals surface area (Å²) in [6.07, 6.45) is 1.90. The van der Waals surface area contributed by atoms with Gasteiger partial charge < -0.3 is 10.4 Å². The third-order valence-electron chi connectivity index (χ3n) is 3.94. The number of carboxylic acid groups (broad SMARTS) is 1. The lowest BCUT2D eigenvalue weighted by molar-refractivity contribution is -0.142. The number of carbonyl (C=O) groups is 2. The largest absolute Gasteiger partial charge is 0.480 e. The number of carbonyl (C=O) groups excluding carboxylic acids is 1. The Morgan fingerprint density at radius 2 is 1.95 bits per heavy atom. The number of amides is 1. The van der Waals surface area contributed by atoms with Crippen LogP contribution in [0.4, 0.5) is 0 Å². The number of hydrogen-bond donors (Lipinski definition) is 2. The van der Waals surface area contributed by atoms with Crippen LogP contribution in [0.3, 0.4) is 0 Å². The molecule has 0 spiro atoms. The van der Waals surface area contributed by atoms with Gasteiger partial charge in [-0.25, -0.2) is 4.79 Å². The average Bonchev–Trinajstić information content (AvgIpc) is 3.17.